The highest BCUT2D eigenvalue weighted by Gasteiger charge is 2.15. The van der Waals surface area contributed by atoms with E-state index in [2.05, 4.69) is 5.32 Å². The molecule has 0 saturated carbocycles. The molecule has 3 nitrogen and oxygen atoms in total. The minimum atomic E-state index is -1.12. The molecule has 0 aliphatic heterocycles. The highest BCUT2D eigenvalue weighted by Crippen LogP contribution is 2.19. The number of hydrogen-bond donors (Lipinski definition) is 2. The van der Waals surface area contributed by atoms with Crippen molar-refractivity contribution in [1.29, 1.82) is 0 Å². The quantitative estimate of drug-likeness (QED) is 0.833. The monoisotopic (exact) mass is 291 g/mol. The summed E-state index contributed by atoms with van der Waals surface area (Å²) in [5, 5.41) is 12.4. The first-order valence-corrected chi connectivity index (χ1v) is 7.06. The van der Waals surface area contributed by atoms with Crippen LogP contribution in [-0.4, -0.2) is 22.9 Å². The van der Waals surface area contributed by atoms with Crippen LogP contribution in [0.4, 0.5) is 10.1 Å². The van der Waals surface area contributed by atoms with Crippen molar-refractivity contribution in [3.8, 4) is 0 Å². The van der Waals surface area contributed by atoms with E-state index in [9.17, 15) is 14.3 Å². The van der Waals surface area contributed by atoms with Gasteiger partial charge in [-0.05, 0) is 36.4 Å². The van der Waals surface area contributed by atoms with Crippen LogP contribution in [0.2, 0.25) is 0 Å². The Bertz CT molecular complexity index is 560. The number of hydrogen-bond acceptors (Lipinski definition) is 3. The number of carbonyl (C=O) groups excluding carboxylic acids is 1. The molecule has 2 aromatic rings. The minimum absolute atomic E-state index is 0.213. The van der Waals surface area contributed by atoms with Crippen LogP contribution in [0.15, 0.2) is 59.5 Å². The summed E-state index contributed by atoms with van der Waals surface area (Å²) in [6.45, 7) is 0. The number of aliphatic hydroxyl groups excluding tert-OH is 1. The summed E-state index contributed by atoms with van der Waals surface area (Å²) in [6.07, 6.45) is -1.12. The third kappa shape index (κ3) is 4.36. The summed E-state index contributed by atoms with van der Waals surface area (Å²) >= 11 is 1.30. The van der Waals surface area contributed by atoms with Crippen molar-refractivity contribution in [2.45, 2.75) is 11.0 Å². The Kier molecular flexibility index (Phi) is 5.15. The molecule has 1 atom stereocenters. The Morgan fingerprint density at radius 1 is 1.15 bits per heavy atom. The van der Waals surface area contributed by atoms with E-state index < -0.39 is 12.0 Å². The van der Waals surface area contributed by atoms with Gasteiger partial charge in [0, 0.05) is 16.3 Å². The van der Waals surface area contributed by atoms with Gasteiger partial charge in [0.2, 0.25) is 0 Å². The molecule has 2 aromatic carbocycles. The zero-order valence-corrected chi connectivity index (χ0v) is 11.4. The van der Waals surface area contributed by atoms with Crippen molar-refractivity contribution in [1.82, 2.24) is 0 Å². The molecule has 0 heterocycles. The molecule has 0 radical (unpaired) electrons. The lowest BCUT2D eigenvalue weighted by Crippen LogP contribution is -2.29. The van der Waals surface area contributed by atoms with E-state index >= 15 is 0 Å². The number of aliphatic hydroxyl groups is 1. The third-order valence-corrected chi connectivity index (χ3v) is 3.65. The number of amides is 1. The topological polar surface area (TPSA) is 49.3 Å². The molecule has 0 unspecified atom stereocenters. The Balaban J connectivity index is 1.83. The Labute approximate surface area is 120 Å². The lowest BCUT2D eigenvalue weighted by molar-refractivity contribution is -0.122. The molecule has 0 aliphatic carbocycles. The summed E-state index contributed by atoms with van der Waals surface area (Å²) in [5.74, 6) is -0.549. The van der Waals surface area contributed by atoms with Gasteiger partial charge in [0.05, 0.1) is 0 Å². The van der Waals surface area contributed by atoms with E-state index in [-0.39, 0.29) is 11.6 Å². The second kappa shape index (κ2) is 7.07. The first kappa shape index (κ1) is 14.6. The normalized spacial score (nSPS) is 11.9. The molecule has 0 spiro atoms. The van der Waals surface area contributed by atoms with Crippen LogP contribution in [0.1, 0.15) is 0 Å². The van der Waals surface area contributed by atoms with Crippen molar-refractivity contribution in [3.63, 3.8) is 0 Å². The van der Waals surface area contributed by atoms with Crippen molar-refractivity contribution < 1.29 is 14.3 Å². The first-order chi connectivity index (χ1) is 9.65. The predicted molar refractivity (Wildman–Crippen MR) is 78.2 cm³/mol. The van der Waals surface area contributed by atoms with Crippen LogP contribution in [0, 0.1) is 5.82 Å². The summed E-state index contributed by atoms with van der Waals surface area (Å²) in [7, 11) is 0. The number of para-hydroxylation sites is 1. The second-order valence-corrected chi connectivity index (χ2v) is 5.23. The van der Waals surface area contributed by atoms with Crippen LogP contribution >= 0.6 is 11.8 Å². The summed E-state index contributed by atoms with van der Waals surface area (Å²) < 4.78 is 12.7. The fourth-order valence-electron chi connectivity index (χ4n) is 1.53. The molecule has 2 N–H and O–H groups in total. The predicted octanol–water partition coefficient (Wildman–Crippen LogP) is 2.92. The second-order valence-electron chi connectivity index (χ2n) is 4.14. The smallest absolute Gasteiger partial charge is 0.254 e. The average Bonchev–Trinajstić information content (AvgIpc) is 2.47. The maximum atomic E-state index is 12.7. The van der Waals surface area contributed by atoms with Gasteiger partial charge < -0.3 is 10.4 Å². The molecule has 0 aromatic heterocycles. The molecule has 20 heavy (non-hydrogen) atoms. The Morgan fingerprint density at radius 3 is 2.45 bits per heavy atom. The summed E-state index contributed by atoms with van der Waals surface area (Å²) in [5.41, 5.74) is 0.642. The number of halogens is 1. The highest BCUT2D eigenvalue weighted by molar-refractivity contribution is 7.99. The van der Waals surface area contributed by atoms with Crippen LogP contribution < -0.4 is 5.32 Å². The van der Waals surface area contributed by atoms with Crippen molar-refractivity contribution in [3.05, 3.63) is 60.4 Å². The van der Waals surface area contributed by atoms with E-state index in [1.165, 1.54) is 23.9 Å². The highest BCUT2D eigenvalue weighted by atomic mass is 32.2. The third-order valence-electron chi connectivity index (χ3n) is 2.57. The fraction of sp³-hybridized carbons (Fsp3) is 0.133. The van der Waals surface area contributed by atoms with Crippen LogP contribution in [0.25, 0.3) is 0 Å². The van der Waals surface area contributed by atoms with Gasteiger partial charge in [-0.3, -0.25) is 4.79 Å². The van der Waals surface area contributed by atoms with E-state index in [0.29, 0.717) is 5.69 Å². The summed E-state index contributed by atoms with van der Waals surface area (Å²) in [4.78, 5) is 12.6. The van der Waals surface area contributed by atoms with Crippen molar-refractivity contribution >= 4 is 23.4 Å². The molecule has 5 heteroatoms. The number of carbonyl (C=O) groups is 1. The van der Waals surface area contributed by atoms with Crippen molar-refractivity contribution in [2.75, 3.05) is 11.1 Å². The number of thioether (sulfide) groups is 1. The molecule has 104 valence electrons. The van der Waals surface area contributed by atoms with Crippen LogP contribution in [0.3, 0.4) is 0 Å². The van der Waals surface area contributed by atoms with Crippen molar-refractivity contribution in [2.24, 2.45) is 0 Å². The maximum Gasteiger partial charge on any atom is 0.254 e. The first-order valence-electron chi connectivity index (χ1n) is 6.07. The molecular formula is C15H14FNO2S. The van der Waals surface area contributed by atoms with E-state index in [1.807, 2.05) is 6.07 Å². The van der Waals surface area contributed by atoms with Gasteiger partial charge in [0.15, 0.2) is 0 Å². The molecule has 1 amide bonds. The maximum absolute atomic E-state index is 12.7. The van der Waals surface area contributed by atoms with Gasteiger partial charge in [-0.15, -0.1) is 11.8 Å². The summed E-state index contributed by atoms with van der Waals surface area (Å²) in [6, 6.07) is 14.9. The van der Waals surface area contributed by atoms with Gasteiger partial charge in [-0.25, -0.2) is 4.39 Å². The molecule has 0 aliphatic rings. The molecule has 0 fully saturated rings. The SMILES string of the molecule is O=C(Nc1ccccc1)[C@@H](O)CSc1ccc(F)cc1. The lowest BCUT2D eigenvalue weighted by Gasteiger charge is -2.11. The van der Waals surface area contributed by atoms with Gasteiger partial charge in [0.1, 0.15) is 11.9 Å². The van der Waals surface area contributed by atoms with Gasteiger partial charge in [-0.1, -0.05) is 18.2 Å². The largest absolute Gasteiger partial charge is 0.382 e. The Hall–Kier alpha value is -1.85. The standard InChI is InChI=1S/C15H14FNO2S/c16-11-6-8-13(9-7-11)20-10-14(18)15(19)17-12-4-2-1-3-5-12/h1-9,14,18H,10H2,(H,17,19)/t14-/m0/s1. The molecule has 0 saturated heterocycles. The molecular weight excluding hydrogens is 277 g/mol. The number of rotatable bonds is 5. The zero-order valence-electron chi connectivity index (χ0n) is 10.6. The van der Waals surface area contributed by atoms with Crippen LogP contribution in [-0.2, 0) is 4.79 Å². The van der Waals surface area contributed by atoms with Gasteiger partial charge in [0.25, 0.3) is 5.91 Å². The Morgan fingerprint density at radius 2 is 1.80 bits per heavy atom. The van der Waals surface area contributed by atoms with E-state index in [0.717, 1.165) is 4.90 Å². The molecule has 2 rings (SSSR count). The number of benzene rings is 2. The lowest BCUT2D eigenvalue weighted by atomic mass is 10.3. The van der Waals surface area contributed by atoms with Crippen LogP contribution in [0.5, 0.6) is 0 Å². The van der Waals surface area contributed by atoms with Gasteiger partial charge >= 0.3 is 0 Å². The van der Waals surface area contributed by atoms with E-state index in [1.54, 1.807) is 36.4 Å². The van der Waals surface area contributed by atoms with Gasteiger partial charge in [-0.2, -0.15) is 0 Å². The van der Waals surface area contributed by atoms with E-state index in [4.69, 9.17) is 0 Å². The number of anilines is 1. The minimum Gasteiger partial charge on any atom is -0.382 e. The molecule has 0 bridgehead atoms. The fourth-order valence-corrected chi connectivity index (χ4v) is 2.36. The zero-order chi connectivity index (χ0) is 14.4. The average molecular weight is 291 g/mol. The number of nitrogens with one attached hydrogen (secondary N) is 1.